The molecular weight excluding hydrogens is 434 g/mol. The van der Waals surface area contributed by atoms with Crippen LogP contribution in [0.2, 0.25) is 0 Å². The third kappa shape index (κ3) is 4.47. The molecule has 1 saturated heterocycles. The molecule has 4 rings (SSSR count). The number of benzene rings is 2. The Balaban J connectivity index is 1.47. The summed E-state index contributed by atoms with van der Waals surface area (Å²) in [4.78, 5) is 26.6. The number of ether oxygens (including phenoxy) is 2. The molecule has 0 spiro atoms. The molecule has 9 nitrogen and oxygen atoms in total. The molecule has 1 fully saturated rings. The van der Waals surface area contributed by atoms with Crippen LogP contribution in [-0.2, 0) is 19.6 Å². The number of carbonyl (C=O) groups excluding carboxylic acids is 2. The molecule has 170 valence electrons. The Labute approximate surface area is 187 Å². The van der Waals surface area contributed by atoms with Crippen LogP contribution >= 0.6 is 0 Å². The second kappa shape index (κ2) is 9.27. The molecule has 2 heterocycles. The van der Waals surface area contributed by atoms with Gasteiger partial charge in [-0.15, -0.1) is 0 Å². The van der Waals surface area contributed by atoms with E-state index in [1.807, 2.05) is 6.92 Å². The number of carbonyl (C=O) groups is 2. The normalized spacial score (nSPS) is 16.9. The van der Waals surface area contributed by atoms with E-state index in [4.69, 9.17) is 9.47 Å². The molecule has 2 aliphatic heterocycles. The number of hydrogen-bond donors (Lipinski definition) is 1. The second-order valence-corrected chi connectivity index (χ2v) is 9.45. The Hall–Kier alpha value is -2.95. The fourth-order valence-electron chi connectivity index (χ4n) is 3.67. The van der Waals surface area contributed by atoms with Gasteiger partial charge in [-0.25, -0.2) is 8.42 Å². The van der Waals surface area contributed by atoms with E-state index in [9.17, 15) is 18.0 Å². The van der Waals surface area contributed by atoms with E-state index in [2.05, 4.69) is 5.32 Å². The van der Waals surface area contributed by atoms with Crippen molar-refractivity contribution < 1.29 is 27.5 Å². The Kier molecular flexibility index (Phi) is 6.45. The highest BCUT2D eigenvalue weighted by Gasteiger charge is 2.27. The topological polar surface area (TPSA) is 105 Å². The summed E-state index contributed by atoms with van der Waals surface area (Å²) in [5.41, 5.74) is 1.52. The van der Waals surface area contributed by atoms with Crippen molar-refractivity contribution in [2.24, 2.45) is 0 Å². The number of sulfonamides is 1. The highest BCUT2D eigenvalue weighted by atomic mass is 32.2. The molecule has 1 N–H and O–H groups in total. The van der Waals surface area contributed by atoms with Gasteiger partial charge in [0, 0.05) is 37.0 Å². The number of nitrogens with zero attached hydrogens (tertiary/aromatic N) is 2. The SMILES string of the molecule is CCCN1C(=O)COc2cc(NC(=O)c3ccc(S(=O)(=O)N4CCOCC4)cc3)ccc21. The van der Waals surface area contributed by atoms with Crippen molar-refractivity contribution in [1.82, 2.24) is 4.31 Å². The van der Waals surface area contributed by atoms with Gasteiger partial charge in [0.2, 0.25) is 10.0 Å². The number of anilines is 2. The molecule has 0 unspecified atom stereocenters. The summed E-state index contributed by atoms with van der Waals surface area (Å²) in [7, 11) is -3.62. The molecule has 0 saturated carbocycles. The predicted molar refractivity (Wildman–Crippen MR) is 119 cm³/mol. The zero-order valence-corrected chi connectivity index (χ0v) is 18.6. The Morgan fingerprint density at radius 2 is 1.81 bits per heavy atom. The van der Waals surface area contributed by atoms with Crippen LogP contribution in [-0.4, -0.2) is 64.0 Å². The third-order valence-electron chi connectivity index (χ3n) is 5.33. The van der Waals surface area contributed by atoms with Crippen molar-refractivity contribution in [2.75, 3.05) is 49.7 Å². The molecule has 2 aromatic rings. The molecular formula is C22H25N3O6S. The second-order valence-electron chi connectivity index (χ2n) is 7.51. The van der Waals surface area contributed by atoms with E-state index in [0.717, 1.165) is 6.42 Å². The highest BCUT2D eigenvalue weighted by Crippen LogP contribution is 2.34. The highest BCUT2D eigenvalue weighted by molar-refractivity contribution is 7.89. The van der Waals surface area contributed by atoms with Gasteiger partial charge in [-0.1, -0.05) is 6.92 Å². The van der Waals surface area contributed by atoms with Crippen LogP contribution < -0.4 is 15.0 Å². The fourth-order valence-corrected chi connectivity index (χ4v) is 5.08. The van der Waals surface area contributed by atoms with Crippen LogP contribution in [0.25, 0.3) is 0 Å². The van der Waals surface area contributed by atoms with Crippen LogP contribution in [0.3, 0.4) is 0 Å². The number of nitrogens with one attached hydrogen (secondary N) is 1. The maximum Gasteiger partial charge on any atom is 0.265 e. The van der Waals surface area contributed by atoms with Crippen LogP contribution in [0.5, 0.6) is 5.75 Å². The average molecular weight is 460 g/mol. The van der Waals surface area contributed by atoms with Gasteiger partial charge in [0.1, 0.15) is 5.75 Å². The molecule has 2 aromatic carbocycles. The van der Waals surface area contributed by atoms with Crippen molar-refractivity contribution in [2.45, 2.75) is 18.2 Å². The van der Waals surface area contributed by atoms with Gasteiger partial charge < -0.3 is 19.7 Å². The Morgan fingerprint density at radius 3 is 2.50 bits per heavy atom. The van der Waals surface area contributed by atoms with Gasteiger partial charge in [-0.3, -0.25) is 9.59 Å². The molecule has 0 aromatic heterocycles. The number of amides is 2. The smallest absolute Gasteiger partial charge is 0.265 e. The van der Waals surface area contributed by atoms with Crippen molar-refractivity contribution in [3.63, 3.8) is 0 Å². The molecule has 32 heavy (non-hydrogen) atoms. The van der Waals surface area contributed by atoms with Gasteiger partial charge in [0.15, 0.2) is 6.61 Å². The summed E-state index contributed by atoms with van der Waals surface area (Å²) in [6, 6.07) is 11.0. The van der Waals surface area contributed by atoms with E-state index < -0.39 is 10.0 Å². The summed E-state index contributed by atoms with van der Waals surface area (Å²) < 4.78 is 37.6. The molecule has 10 heteroatoms. The summed E-state index contributed by atoms with van der Waals surface area (Å²) in [5, 5.41) is 2.79. The Bertz CT molecular complexity index is 1110. The lowest BCUT2D eigenvalue weighted by Gasteiger charge is -2.29. The molecule has 2 amide bonds. The minimum absolute atomic E-state index is 0.0382. The third-order valence-corrected chi connectivity index (χ3v) is 7.25. The maximum absolute atomic E-state index is 12.7. The lowest BCUT2D eigenvalue weighted by Crippen LogP contribution is -2.40. The minimum Gasteiger partial charge on any atom is -0.481 e. The number of fused-ring (bicyclic) bond motifs is 1. The fraction of sp³-hybridized carbons (Fsp3) is 0.364. The molecule has 0 radical (unpaired) electrons. The first-order valence-corrected chi connectivity index (χ1v) is 11.9. The van der Waals surface area contributed by atoms with Crippen LogP contribution in [0.4, 0.5) is 11.4 Å². The van der Waals surface area contributed by atoms with Crippen LogP contribution in [0.1, 0.15) is 23.7 Å². The van der Waals surface area contributed by atoms with Gasteiger partial charge in [0.05, 0.1) is 23.8 Å². The predicted octanol–water partition coefficient (Wildman–Crippen LogP) is 2.10. The van der Waals surface area contributed by atoms with Gasteiger partial charge in [-0.2, -0.15) is 4.31 Å². The summed E-state index contributed by atoms with van der Waals surface area (Å²) >= 11 is 0. The zero-order chi connectivity index (χ0) is 22.7. The summed E-state index contributed by atoms with van der Waals surface area (Å²) in [6.07, 6.45) is 0.820. The molecule has 2 aliphatic rings. The first-order chi connectivity index (χ1) is 15.4. The van der Waals surface area contributed by atoms with Gasteiger partial charge in [-0.05, 0) is 42.8 Å². The standard InChI is InChI=1S/C22H25N3O6S/c1-2-9-25-19-8-5-17(14-20(19)31-15-21(25)26)23-22(27)16-3-6-18(7-4-16)32(28,29)24-10-12-30-13-11-24/h3-8,14H,2,9-13,15H2,1H3,(H,23,27). The monoisotopic (exact) mass is 459 g/mol. The summed E-state index contributed by atoms with van der Waals surface area (Å²) in [5.74, 6) is 0.0589. The van der Waals surface area contributed by atoms with E-state index in [1.165, 1.54) is 28.6 Å². The van der Waals surface area contributed by atoms with Gasteiger partial charge in [0.25, 0.3) is 11.8 Å². The molecule has 0 bridgehead atoms. The largest absolute Gasteiger partial charge is 0.481 e. The molecule has 0 aliphatic carbocycles. The van der Waals surface area contributed by atoms with E-state index in [0.29, 0.717) is 55.5 Å². The van der Waals surface area contributed by atoms with Crippen LogP contribution in [0, 0.1) is 0 Å². The van der Waals surface area contributed by atoms with Gasteiger partial charge >= 0.3 is 0 Å². The lowest BCUT2D eigenvalue weighted by molar-refractivity contribution is -0.121. The van der Waals surface area contributed by atoms with Crippen molar-refractivity contribution >= 4 is 33.2 Å². The van der Waals surface area contributed by atoms with Crippen molar-refractivity contribution in [1.29, 1.82) is 0 Å². The van der Waals surface area contributed by atoms with E-state index in [-0.39, 0.29) is 23.3 Å². The lowest BCUT2D eigenvalue weighted by atomic mass is 10.1. The quantitative estimate of drug-likeness (QED) is 0.709. The average Bonchev–Trinajstić information content (AvgIpc) is 2.81. The number of hydrogen-bond acceptors (Lipinski definition) is 6. The van der Waals surface area contributed by atoms with Crippen molar-refractivity contribution in [3.8, 4) is 5.75 Å². The number of rotatable bonds is 6. The number of morpholine rings is 1. The van der Waals surface area contributed by atoms with Crippen molar-refractivity contribution in [3.05, 3.63) is 48.0 Å². The first-order valence-electron chi connectivity index (χ1n) is 10.5. The summed E-state index contributed by atoms with van der Waals surface area (Å²) in [6.45, 7) is 3.92. The van der Waals surface area contributed by atoms with E-state index >= 15 is 0 Å². The maximum atomic E-state index is 12.7. The molecule has 0 atom stereocenters. The van der Waals surface area contributed by atoms with Crippen LogP contribution in [0.15, 0.2) is 47.4 Å². The zero-order valence-electron chi connectivity index (χ0n) is 17.7. The Morgan fingerprint density at radius 1 is 1.09 bits per heavy atom. The first kappa shape index (κ1) is 22.3. The minimum atomic E-state index is -3.62. The van der Waals surface area contributed by atoms with E-state index in [1.54, 1.807) is 23.1 Å².